The highest BCUT2D eigenvalue weighted by Crippen LogP contribution is 2.23. The van der Waals surface area contributed by atoms with Crippen molar-refractivity contribution in [2.45, 2.75) is 25.9 Å². The van der Waals surface area contributed by atoms with Gasteiger partial charge in [0.05, 0.1) is 6.42 Å². The molecule has 0 aliphatic carbocycles. The van der Waals surface area contributed by atoms with Crippen LogP contribution < -0.4 is 5.32 Å². The standard InChI is InChI=1S/C14H14F3NO3/c1-9-2-3-10(4-5-13(20)21)8-11(9)18-12(19)6-7-14(15,16)17/h2-5,8H,6-7H2,1H3,(H,18,19)(H,20,21). The largest absolute Gasteiger partial charge is 0.478 e. The molecule has 0 aromatic heterocycles. The predicted octanol–water partition coefficient (Wildman–Crippen LogP) is 3.37. The van der Waals surface area contributed by atoms with E-state index in [-0.39, 0.29) is 0 Å². The van der Waals surface area contributed by atoms with Crippen LogP contribution in [0.15, 0.2) is 24.3 Å². The van der Waals surface area contributed by atoms with E-state index in [2.05, 4.69) is 5.32 Å². The lowest BCUT2D eigenvalue weighted by atomic mass is 10.1. The molecule has 0 saturated carbocycles. The van der Waals surface area contributed by atoms with Gasteiger partial charge in [-0.1, -0.05) is 12.1 Å². The van der Waals surface area contributed by atoms with Crippen molar-refractivity contribution < 1.29 is 27.9 Å². The molecule has 1 rings (SSSR count). The molecule has 0 spiro atoms. The van der Waals surface area contributed by atoms with E-state index in [1.165, 1.54) is 12.1 Å². The van der Waals surface area contributed by atoms with Gasteiger partial charge in [-0.25, -0.2) is 4.79 Å². The minimum Gasteiger partial charge on any atom is -0.478 e. The van der Waals surface area contributed by atoms with Crippen LogP contribution in [0.25, 0.3) is 6.08 Å². The maximum Gasteiger partial charge on any atom is 0.389 e. The van der Waals surface area contributed by atoms with Gasteiger partial charge in [0.25, 0.3) is 0 Å². The number of hydrogen-bond donors (Lipinski definition) is 2. The van der Waals surface area contributed by atoms with Gasteiger partial charge in [0.2, 0.25) is 5.91 Å². The van der Waals surface area contributed by atoms with Crippen LogP contribution in [-0.2, 0) is 9.59 Å². The first-order chi connectivity index (χ1) is 9.67. The van der Waals surface area contributed by atoms with Gasteiger partial charge in [-0.2, -0.15) is 13.2 Å². The summed E-state index contributed by atoms with van der Waals surface area (Å²) in [5.74, 6) is -1.86. The Labute approximate surface area is 119 Å². The lowest BCUT2D eigenvalue weighted by Crippen LogP contribution is -2.17. The predicted molar refractivity (Wildman–Crippen MR) is 71.8 cm³/mol. The average Bonchev–Trinajstić information content (AvgIpc) is 2.36. The highest BCUT2D eigenvalue weighted by molar-refractivity contribution is 5.92. The van der Waals surface area contributed by atoms with Gasteiger partial charge in [0.15, 0.2) is 0 Å². The Balaban J connectivity index is 2.76. The molecule has 1 amide bonds. The quantitative estimate of drug-likeness (QED) is 0.819. The second kappa shape index (κ2) is 6.92. The number of aliphatic carboxylic acids is 1. The lowest BCUT2D eigenvalue weighted by molar-refractivity contribution is -0.142. The molecule has 21 heavy (non-hydrogen) atoms. The third-order valence-electron chi connectivity index (χ3n) is 2.59. The van der Waals surface area contributed by atoms with Crippen molar-refractivity contribution in [1.82, 2.24) is 0 Å². The Morgan fingerprint density at radius 1 is 1.33 bits per heavy atom. The number of halogens is 3. The molecule has 0 aliphatic heterocycles. The van der Waals surface area contributed by atoms with Crippen molar-refractivity contribution in [2.75, 3.05) is 5.32 Å². The molecule has 0 fully saturated rings. The number of nitrogens with one attached hydrogen (secondary N) is 1. The number of carboxylic acid groups (broad SMARTS) is 1. The van der Waals surface area contributed by atoms with Gasteiger partial charge in [-0.15, -0.1) is 0 Å². The summed E-state index contributed by atoms with van der Waals surface area (Å²) in [5, 5.41) is 10.9. The Hall–Kier alpha value is -2.31. The molecule has 1 aromatic carbocycles. The molecule has 0 aliphatic rings. The molecule has 2 N–H and O–H groups in total. The summed E-state index contributed by atoms with van der Waals surface area (Å²) in [6.45, 7) is 1.68. The zero-order chi connectivity index (χ0) is 16.0. The molecule has 114 valence electrons. The fraction of sp³-hybridized carbons (Fsp3) is 0.286. The van der Waals surface area contributed by atoms with Crippen molar-refractivity contribution in [2.24, 2.45) is 0 Å². The Kier molecular flexibility index (Phi) is 5.52. The maximum absolute atomic E-state index is 12.0. The van der Waals surface area contributed by atoms with Gasteiger partial charge < -0.3 is 10.4 Å². The minimum absolute atomic E-state index is 0.356. The van der Waals surface area contributed by atoms with Gasteiger partial charge in [-0.05, 0) is 30.2 Å². The van der Waals surface area contributed by atoms with Crippen molar-refractivity contribution in [3.63, 3.8) is 0 Å². The van der Waals surface area contributed by atoms with Crippen LogP contribution in [0.2, 0.25) is 0 Å². The van der Waals surface area contributed by atoms with Crippen LogP contribution in [0.1, 0.15) is 24.0 Å². The summed E-state index contributed by atoms with van der Waals surface area (Å²) in [5.41, 5.74) is 1.55. The molecule has 0 radical (unpaired) electrons. The number of hydrogen-bond acceptors (Lipinski definition) is 2. The van der Waals surface area contributed by atoms with Crippen LogP contribution in [0.5, 0.6) is 0 Å². The van der Waals surface area contributed by atoms with E-state index in [0.717, 1.165) is 6.08 Å². The highest BCUT2D eigenvalue weighted by atomic mass is 19.4. The van der Waals surface area contributed by atoms with Crippen LogP contribution in [-0.4, -0.2) is 23.2 Å². The summed E-state index contributed by atoms with van der Waals surface area (Å²) >= 11 is 0. The zero-order valence-corrected chi connectivity index (χ0v) is 11.2. The number of carbonyl (C=O) groups is 2. The first kappa shape index (κ1) is 16.7. The van der Waals surface area contributed by atoms with E-state index >= 15 is 0 Å². The fourth-order valence-electron chi connectivity index (χ4n) is 1.51. The van der Waals surface area contributed by atoms with E-state index < -0.39 is 30.9 Å². The monoisotopic (exact) mass is 301 g/mol. The normalized spacial score (nSPS) is 11.6. The van der Waals surface area contributed by atoms with Crippen LogP contribution in [0, 0.1) is 6.92 Å². The van der Waals surface area contributed by atoms with Crippen LogP contribution in [0.3, 0.4) is 0 Å². The summed E-state index contributed by atoms with van der Waals surface area (Å²) in [4.78, 5) is 21.9. The van der Waals surface area contributed by atoms with E-state index in [1.807, 2.05) is 0 Å². The Bertz CT molecular complexity index is 565. The average molecular weight is 301 g/mol. The number of alkyl halides is 3. The number of benzene rings is 1. The molecule has 0 atom stereocenters. The third kappa shape index (κ3) is 6.60. The number of rotatable bonds is 5. The second-order valence-corrected chi connectivity index (χ2v) is 4.41. The van der Waals surface area contributed by atoms with E-state index in [0.29, 0.717) is 16.8 Å². The van der Waals surface area contributed by atoms with Gasteiger partial charge >= 0.3 is 12.1 Å². The van der Waals surface area contributed by atoms with E-state index in [4.69, 9.17) is 5.11 Å². The third-order valence-corrected chi connectivity index (χ3v) is 2.59. The van der Waals surface area contributed by atoms with Crippen molar-refractivity contribution in [3.05, 3.63) is 35.4 Å². The number of aryl methyl sites for hydroxylation is 1. The van der Waals surface area contributed by atoms with Crippen LogP contribution in [0.4, 0.5) is 18.9 Å². The SMILES string of the molecule is Cc1ccc(C=CC(=O)O)cc1NC(=O)CCC(F)(F)F. The van der Waals surface area contributed by atoms with Crippen molar-refractivity contribution in [1.29, 1.82) is 0 Å². The number of anilines is 1. The smallest absolute Gasteiger partial charge is 0.389 e. The van der Waals surface area contributed by atoms with Crippen molar-refractivity contribution in [3.8, 4) is 0 Å². The Morgan fingerprint density at radius 2 is 2.00 bits per heavy atom. The topological polar surface area (TPSA) is 66.4 Å². The number of carbonyl (C=O) groups excluding carboxylic acids is 1. The van der Waals surface area contributed by atoms with E-state index in [1.54, 1.807) is 19.1 Å². The lowest BCUT2D eigenvalue weighted by Gasteiger charge is -2.10. The summed E-state index contributed by atoms with van der Waals surface area (Å²) in [7, 11) is 0. The molecule has 0 bridgehead atoms. The van der Waals surface area contributed by atoms with E-state index in [9.17, 15) is 22.8 Å². The molecule has 0 heterocycles. The highest BCUT2D eigenvalue weighted by Gasteiger charge is 2.27. The van der Waals surface area contributed by atoms with Gasteiger partial charge in [-0.3, -0.25) is 4.79 Å². The van der Waals surface area contributed by atoms with Gasteiger partial charge in [0.1, 0.15) is 0 Å². The molecule has 0 saturated heterocycles. The van der Waals surface area contributed by atoms with Crippen molar-refractivity contribution >= 4 is 23.6 Å². The maximum atomic E-state index is 12.0. The first-order valence-corrected chi connectivity index (χ1v) is 6.05. The minimum atomic E-state index is -4.38. The molecule has 7 heteroatoms. The molecular formula is C14H14F3NO3. The second-order valence-electron chi connectivity index (χ2n) is 4.41. The fourth-order valence-corrected chi connectivity index (χ4v) is 1.51. The van der Waals surface area contributed by atoms with Gasteiger partial charge in [0, 0.05) is 18.2 Å². The molecule has 4 nitrogen and oxygen atoms in total. The Morgan fingerprint density at radius 3 is 2.57 bits per heavy atom. The zero-order valence-electron chi connectivity index (χ0n) is 11.2. The first-order valence-electron chi connectivity index (χ1n) is 6.05. The van der Waals surface area contributed by atoms with Crippen LogP contribution >= 0.6 is 0 Å². The summed E-state index contributed by atoms with van der Waals surface area (Å²) < 4.78 is 36.1. The summed E-state index contributed by atoms with van der Waals surface area (Å²) in [6.07, 6.45) is -3.96. The number of amides is 1. The summed E-state index contributed by atoms with van der Waals surface area (Å²) in [6, 6.07) is 4.78. The number of carboxylic acids is 1. The molecular weight excluding hydrogens is 287 g/mol. The molecule has 0 unspecified atom stereocenters. The molecule has 1 aromatic rings.